The summed E-state index contributed by atoms with van der Waals surface area (Å²) in [7, 11) is 0. The summed E-state index contributed by atoms with van der Waals surface area (Å²) in [6, 6.07) is 0. The molecule has 8 heteroatoms. The van der Waals surface area contributed by atoms with Gasteiger partial charge in [0, 0.05) is 6.54 Å². The van der Waals surface area contributed by atoms with Crippen molar-refractivity contribution in [3.63, 3.8) is 0 Å². The molecule has 1 aliphatic rings. The van der Waals surface area contributed by atoms with Crippen molar-refractivity contribution < 1.29 is 17.9 Å². The minimum atomic E-state index is -4.45. The summed E-state index contributed by atoms with van der Waals surface area (Å²) >= 11 is 0.438. The van der Waals surface area contributed by atoms with Crippen molar-refractivity contribution in [2.24, 2.45) is 5.92 Å². The van der Waals surface area contributed by atoms with Crippen LogP contribution >= 0.6 is 11.3 Å². The van der Waals surface area contributed by atoms with Gasteiger partial charge in [-0.25, -0.2) is 0 Å². The van der Waals surface area contributed by atoms with Crippen LogP contribution in [0, 0.1) is 5.92 Å². The molecule has 96 valence electrons. The molecule has 4 nitrogen and oxygen atoms in total. The lowest BCUT2D eigenvalue weighted by Gasteiger charge is -2.28. The first-order chi connectivity index (χ1) is 7.97. The van der Waals surface area contributed by atoms with Crippen LogP contribution in [0.25, 0.3) is 0 Å². The lowest BCUT2D eigenvalue weighted by atomic mass is 9.97. The number of rotatable bonds is 2. The zero-order chi connectivity index (χ0) is 12.5. The van der Waals surface area contributed by atoms with Crippen molar-refractivity contribution in [2.45, 2.75) is 25.6 Å². The number of nitrogens with one attached hydrogen (secondary N) is 1. The molecule has 0 aliphatic carbocycles. The van der Waals surface area contributed by atoms with Gasteiger partial charge in [0.1, 0.15) is 6.10 Å². The molecule has 1 aliphatic heterocycles. The number of piperidine rings is 1. The highest BCUT2D eigenvalue weighted by atomic mass is 32.1. The summed E-state index contributed by atoms with van der Waals surface area (Å²) in [6.07, 6.45) is -3.65. The third-order valence-corrected chi connectivity index (χ3v) is 3.52. The van der Waals surface area contributed by atoms with E-state index in [9.17, 15) is 13.2 Å². The van der Waals surface area contributed by atoms with Gasteiger partial charge in [-0.15, -0.1) is 5.10 Å². The molecule has 1 fully saturated rings. The standard InChI is InChI=1S/C9H12F3N3OS/c1-5-2-3-13-4-6(5)16-8-15-14-7(17-8)9(10,11)12/h5-6,13H,2-4H2,1H3. The second-order valence-electron chi connectivity index (χ2n) is 4.00. The van der Waals surface area contributed by atoms with Gasteiger partial charge in [0.2, 0.25) is 5.01 Å². The van der Waals surface area contributed by atoms with Gasteiger partial charge < -0.3 is 10.1 Å². The molecule has 1 aromatic heterocycles. The first kappa shape index (κ1) is 12.6. The zero-order valence-corrected chi connectivity index (χ0v) is 9.94. The maximum absolute atomic E-state index is 12.3. The molecule has 2 unspecified atom stereocenters. The van der Waals surface area contributed by atoms with E-state index in [2.05, 4.69) is 15.5 Å². The minimum Gasteiger partial charge on any atom is -0.464 e. The van der Waals surface area contributed by atoms with E-state index in [0.717, 1.165) is 13.0 Å². The number of ether oxygens (including phenoxy) is 1. The largest absolute Gasteiger partial charge is 0.464 e. The van der Waals surface area contributed by atoms with Crippen LogP contribution in [-0.4, -0.2) is 29.4 Å². The second-order valence-corrected chi connectivity index (χ2v) is 4.94. The van der Waals surface area contributed by atoms with E-state index in [1.165, 1.54) is 0 Å². The SMILES string of the molecule is CC1CCNCC1Oc1nnc(C(F)(F)F)s1. The van der Waals surface area contributed by atoms with Gasteiger partial charge in [-0.2, -0.15) is 13.2 Å². The highest BCUT2D eigenvalue weighted by Crippen LogP contribution is 2.34. The normalized spacial score (nSPS) is 25.9. The van der Waals surface area contributed by atoms with Gasteiger partial charge >= 0.3 is 6.18 Å². The Balaban J connectivity index is 2.01. The van der Waals surface area contributed by atoms with E-state index < -0.39 is 11.2 Å². The van der Waals surface area contributed by atoms with Crippen LogP contribution < -0.4 is 10.1 Å². The van der Waals surface area contributed by atoms with E-state index >= 15 is 0 Å². The molecule has 2 atom stereocenters. The second kappa shape index (κ2) is 4.77. The van der Waals surface area contributed by atoms with Crippen LogP contribution in [0.3, 0.4) is 0 Å². The maximum Gasteiger partial charge on any atom is 0.445 e. The predicted molar refractivity (Wildman–Crippen MR) is 56.0 cm³/mol. The molecule has 1 aromatic rings. The Morgan fingerprint density at radius 2 is 2.18 bits per heavy atom. The average Bonchev–Trinajstić information content (AvgIpc) is 2.69. The Bertz CT molecular complexity index is 382. The van der Waals surface area contributed by atoms with E-state index in [0.29, 0.717) is 23.8 Å². The van der Waals surface area contributed by atoms with E-state index in [-0.39, 0.29) is 11.3 Å². The number of nitrogens with zero attached hydrogens (tertiary/aromatic N) is 2. The molecular formula is C9H12F3N3OS. The third kappa shape index (κ3) is 3.06. The Morgan fingerprint density at radius 3 is 2.76 bits per heavy atom. The Morgan fingerprint density at radius 1 is 1.41 bits per heavy atom. The summed E-state index contributed by atoms with van der Waals surface area (Å²) in [6.45, 7) is 3.55. The van der Waals surface area contributed by atoms with Gasteiger partial charge in [-0.1, -0.05) is 23.4 Å². The first-order valence-electron chi connectivity index (χ1n) is 5.25. The fourth-order valence-corrected chi connectivity index (χ4v) is 2.24. The molecule has 0 spiro atoms. The molecule has 0 saturated carbocycles. The van der Waals surface area contributed by atoms with Crippen molar-refractivity contribution in [2.75, 3.05) is 13.1 Å². The van der Waals surface area contributed by atoms with Gasteiger partial charge in [0.15, 0.2) is 0 Å². The van der Waals surface area contributed by atoms with Crippen molar-refractivity contribution in [1.82, 2.24) is 15.5 Å². The van der Waals surface area contributed by atoms with Gasteiger partial charge in [-0.05, 0) is 18.9 Å². The van der Waals surface area contributed by atoms with Crippen LogP contribution in [0.4, 0.5) is 13.2 Å². The number of aromatic nitrogens is 2. The van der Waals surface area contributed by atoms with Gasteiger partial charge in [0.25, 0.3) is 5.19 Å². The Kier molecular flexibility index (Phi) is 3.53. The fraction of sp³-hybridized carbons (Fsp3) is 0.778. The van der Waals surface area contributed by atoms with Crippen molar-refractivity contribution in [1.29, 1.82) is 0 Å². The zero-order valence-electron chi connectivity index (χ0n) is 9.12. The summed E-state index contributed by atoms with van der Waals surface area (Å²) in [5.74, 6) is 0.300. The predicted octanol–water partition coefficient (Wildman–Crippen LogP) is 1.93. The molecular weight excluding hydrogens is 255 g/mol. The van der Waals surface area contributed by atoms with Crippen molar-refractivity contribution >= 4 is 11.3 Å². The molecule has 0 aromatic carbocycles. The Labute approximate surface area is 100 Å². The van der Waals surface area contributed by atoms with Crippen LogP contribution in [0.2, 0.25) is 0 Å². The highest BCUT2D eigenvalue weighted by Gasteiger charge is 2.36. The van der Waals surface area contributed by atoms with E-state index in [4.69, 9.17) is 4.74 Å². The average molecular weight is 267 g/mol. The summed E-state index contributed by atoms with van der Waals surface area (Å²) < 4.78 is 42.3. The summed E-state index contributed by atoms with van der Waals surface area (Å²) in [5, 5.41) is 8.63. The van der Waals surface area contributed by atoms with E-state index in [1.807, 2.05) is 6.92 Å². The molecule has 1 saturated heterocycles. The van der Waals surface area contributed by atoms with Crippen LogP contribution in [0.1, 0.15) is 18.4 Å². The lowest BCUT2D eigenvalue weighted by Crippen LogP contribution is -2.42. The Hall–Kier alpha value is -0.890. The monoisotopic (exact) mass is 267 g/mol. The van der Waals surface area contributed by atoms with Crippen molar-refractivity contribution in [3.05, 3.63) is 5.01 Å². The molecule has 17 heavy (non-hydrogen) atoms. The van der Waals surface area contributed by atoms with Crippen LogP contribution in [-0.2, 0) is 6.18 Å². The number of halogens is 3. The molecule has 0 amide bonds. The lowest BCUT2D eigenvalue weighted by molar-refractivity contribution is -0.138. The fourth-order valence-electron chi connectivity index (χ4n) is 1.62. The molecule has 2 rings (SSSR count). The van der Waals surface area contributed by atoms with Crippen molar-refractivity contribution in [3.8, 4) is 5.19 Å². The third-order valence-electron chi connectivity index (χ3n) is 2.66. The molecule has 0 bridgehead atoms. The molecule has 0 radical (unpaired) electrons. The molecule has 1 N–H and O–H groups in total. The smallest absolute Gasteiger partial charge is 0.445 e. The summed E-state index contributed by atoms with van der Waals surface area (Å²) in [4.78, 5) is 0. The van der Waals surface area contributed by atoms with Crippen LogP contribution in [0.5, 0.6) is 5.19 Å². The maximum atomic E-state index is 12.3. The van der Waals surface area contributed by atoms with E-state index in [1.54, 1.807) is 0 Å². The topological polar surface area (TPSA) is 47.0 Å². The van der Waals surface area contributed by atoms with Gasteiger partial charge in [0.05, 0.1) is 0 Å². The number of alkyl halides is 3. The number of hydrogen-bond acceptors (Lipinski definition) is 5. The van der Waals surface area contributed by atoms with Gasteiger partial charge in [-0.3, -0.25) is 0 Å². The quantitative estimate of drug-likeness (QED) is 0.889. The molecule has 2 heterocycles. The van der Waals surface area contributed by atoms with Crippen LogP contribution in [0.15, 0.2) is 0 Å². The number of hydrogen-bond donors (Lipinski definition) is 1. The minimum absolute atomic E-state index is 0.0159. The first-order valence-corrected chi connectivity index (χ1v) is 6.06. The highest BCUT2D eigenvalue weighted by molar-refractivity contribution is 7.13. The summed E-state index contributed by atoms with van der Waals surface area (Å²) in [5.41, 5.74) is 0.